The molecule has 37 heavy (non-hydrogen) atoms. The molecular weight excluding hydrogens is 492 g/mol. The van der Waals surface area contributed by atoms with Gasteiger partial charge in [-0.25, -0.2) is 4.98 Å². The average molecular weight is 521 g/mol. The lowest BCUT2D eigenvalue weighted by molar-refractivity contribution is -0.124. The van der Waals surface area contributed by atoms with Gasteiger partial charge in [-0.3, -0.25) is 19.7 Å². The Hall–Kier alpha value is -3.57. The van der Waals surface area contributed by atoms with Crippen LogP contribution in [0.1, 0.15) is 48.3 Å². The van der Waals surface area contributed by atoms with E-state index >= 15 is 0 Å². The van der Waals surface area contributed by atoms with Crippen molar-refractivity contribution < 1.29 is 19.1 Å². The second-order valence-corrected chi connectivity index (χ2v) is 11.0. The molecule has 3 fully saturated rings. The summed E-state index contributed by atoms with van der Waals surface area (Å²) in [5, 5.41) is 12.3. The highest BCUT2D eigenvalue weighted by Gasteiger charge is 2.28. The number of amides is 3. The van der Waals surface area contributed by atoms with E-state index in [0.29, 0.717) is 46.4 Å². The Kier molecular flexibility index (Phi) is 6.04. The minimum Gasteiger partial charge on any atom is -0.372 e. The second-order valence-electron chi connectivity index (χ2n) is 10.1. The largest absolute Gasteiger partial charge is 0.372 e. The summed E-state index contributed by atoms with van der Waals surface area (Å²) in [5.74, 6) is 0.741. The van der Waals surface area contributed by atoms with Crippen molar-refractivity contribution in [2.24, 2.45) is 5.92 Å². The fourth-order valence-electron chi connectivity index (χ4n) is 4.82. The fraction of sp³-hybridized carbons (Fsp3) is 0.423. The normalized spacial score (nSPS) is 23.2. The topological polar surface area (TPSA) is 118 Å². The number of nitrogens with one attached hydrogen (secondary N) is 2. The smallest absolute Gasteiger partial charge is 0.264 e. The molecule has 5 heterocycles. The van der Waals surface area contributed by atoms with Gasteiger partial charge in [0, 0.05) is 47.8 Å². The van der Waals surface area contributed by atoms with Crippen LogP contribution >= 0.6 is 11.3 Å². The van der Waals surface area contributed by atoms with E-state index in [2.05, 4.69) is 15.7 Å². The molecule has 1 aliphatic carbocycles. The number of ether oxygens (including phenoxy) is 1. The number of rotatable bonds is 6. The first kappa shape index (κ1) is 23.8. The van der Waals surface area contributed by atoms with Crippen molar-refractivity contribution in [3.8, 4) is 11.3 Å². The summed E-state index contributed by atoms with van der Waals surface area (Å²) >= 11 is 1.40. The summed E-state index contributed by atoms with van der Waals surface area (Å²) in [6, 6.07) is 3.83. The number of anilines is 1. The minimum atomic E-state index is -0.389. The number of carbonyl (C=O) groups excluding carboxylic acids is 3. The number of fused-ring (bicyclic) bond motifs is 1. The van der Waals surface area contributed by atoms with Gasteiger partial charge in [-0.05, 0) is 44.7 Å². The maximum absolute atomic E-state index is 13.2. The van der Waals surface area contributed by atoms with Crippen LogP contribution in [0.4, 0.5) is 5.82 Å². The molecule has 0 spiro atoms. The molecule has 3 aromatic heterocycles. The van der Waals surface area contributed by atoms with Crippen molar-refractivity contribution >= 4 is 46.6 Å². The van der Waals surface area contributed by atoms with Gasteiger partial charge in [-0.1, -0.05) is 0 Å². The number of carbonyl (C=O) groups is 3. The van der Waals surface area contributed by atoms with Gasteiger partial charge < -0.3 is 15.0 Å². The quantitative estimate of drug-likeness (QED) is 0.379. The molecular formula is C26H28N6O4S. The lowest BCUT2D eigenvalue weighted by Crippen LogP contribution is -2.48. The van der Waals surface area contributed by atoms with Gasteiger partial charge in [0.2, 0.25) is 5.91 Å². The van der Waals surface area contributed by atoms with Crippen LogP contribution in [0.2, 0.25) is 0 Å². The summed E-state index contributed by atoms with van der Waals surface area (Å²) in [7, 11) is 0. The summed E-state index contributed by atoms with van der Waals surface area (Å²) in [6.07, 6.45) is 5.79. The molecule has 0 bridgehead atoms. The van der Waals surface area contributed by atoms with E-state index in [1.807, 2.05) is 36.3 Å². The molecule has 2 saturated heterocycles. The molecule has 3 aromatic rings. The summed E-state index contributed by atoms with van der Waals surface area (Å²) in [4.78, 5) is 44.4. The molecule has 2 unspecified atom stereocenters. The van der Waals surface area contributed by atoms with Crippen LogP contribution < -0.4 is 10.6 Å². The van der Waals surface area contributed by atoms with Crippen LogP contribution in [0.5, 0.6) is 0 Å². The third kappa shape index (κ3) is 4.88. The van der Waals surface area contributed by atoms with E-state index in [1.165, 1.54) is 24.2 Å². The Labute approximate surface area is 217 Å². The lowest BCUT2D eigenvalue weighted by atomic mass is 10.1. The molecule has 3 amide bonds. The molecule has 0 radical (unpaired) electrons. The maximum Gasteiger partial charge on any atom is 0.264 e. The van der Waals surface area contributed by atoms with Crippen molar-refractivity contribution in [3.05, 3.63) is 39.7 Å². The van der Waals surface area contributed by atoms with Gasteiger partial charge in [0.15, 0.2) is 5.65 Å². The number of thiophene rings is 1. The SMILES string of the molecule is CC1CN(C(=O)c2cc(-c3cc(NCC4CC4)n4ncc(/C=C5\CC(=O)NC5=O)c4n3)cs2)CC(C)O1. The first-order valence-corrected chi connectivity index (χ1v) is 13.4. The van der Waals surface area contributed by atoms with Crippen LogP contribution in [0.15, 0.2) is 29.3 Å². The van der Waals surface area contributed by atoms with Crippen LogP contribution in [0.3, 0.4) is 0 Å². The van der Waals surface area contributed by atoms with Crippen LogP contribution in [0, 0.1) is 5.92 Å². The first-order valence-electron chi connectivity index (χ1n) is 12.5. The van der Waals surface area contributed by atoms with Crippen molar-refractivity contribution in [1.82, 2.24) is 24.8 Å². The molecule has 192 valence electrons. The Bertz CT molecular complexity index is 1430. The number of aromatic nitrogens is 3. The molecule has 3 aliphatic rings. The Balaban J connectivity index is 1.35. The van der Waals surface area contributed by atoms with Gasteiger partial charge in [-0.2, -0.15) is 9.61 Å². The average Bonchev–Trinajstić information content (AvgIpc) is 3.24. The molecule has 11 heteroatoms. The van der Waals surface area contributed by atoms with Gasteiger partial charge in [0.25, 0.3) is 11.8 Å². The zero-order valence-corrected chi connectivity index (χ0v) is 21.5. The minimum absolute atomic E-state index is 0.00176. The fourth-order valence-corrected chi connectivity index (χ4v) is 5.68. The van der Waals surface area contributed by atoms with Gasteiger partial charge >= 0.3 is 0 Å². The van der Waals surface area contributed by atoms with E-state index in [1.54, 1.807) is 16.8 Å². The number of nitrogens with zero attached hydrogens (tertiary/aromatic N) is 4. The third-order valence-corrected chi connectivity index (χ3v) is 7.72. The second kappa shape index (κ2) is 9.38. The number of hydrogen-bond donors (Lipinski definition) is 2. The van der Waals surface area contributed by atoms with Crippen molar-refractivity contribution in [2.75, 3.05) is 25.0 Å². The van der Waals surface area contributed by atoms with E-state index in [0.717, 1.165) is 17.9 Å². The number of morpholine rings is 1. The van der Waals surface area contributed by atoms with E-state index in [4.69, 9.17) is 9.72 Å². The lowest BCUT2D eigenvalue weighted by Gasteiger charge is -2.35. The summed E-state index contributed by atoms with van der Waals surface area (Å²) in [5.41, 5.74) is 3.16. The van der Waals surface area contributed by atoms with Gasteiger partial charge in [0.1, 0.15) is 5.82 Å². The first-order chi connectivity index (χ1) is 17.8. The van der Waals surface area contributed by atoms with Crippen LogP contribution in [-0.2, 0) is 14.3 Å². The molecule has 2 aliphatic heterocycles. The molecule has 10 nitrogen and oxygen atoms in total. The Morgan fingerprint density at radius 1 is 1.24 bits per heavy atom. The third-order valence-electron chi connectivity index (χ3n) is 6.81. The summed E-state index contributed by atoms with van der Waals surface area (Å²) < 4.78 is 7.50. The zero-order valence-electron chi connectivity index (χ0n) is 20.7. The maximum atomic E-state index is 13.2. The van der Waals surface area contributed by atoms with Gasteiger partial charge in [0.05, 0.1) is 35.4 Å². The van der Waals surface area contributed by atoms with Crippen LogP contribution in [-0.4, -0.2) is 69.1 Å². The number of imide groups is 1. The Morgan fingerprint density at radius 2 is 2.03 bits per heavy atom. The van der Waals surface area contributed by atoms with E-state index in [9.17, 15) is 14.4 Å². The predicted octanol–water partition coefficient (Wildman–Crippen LogP) is 2.96. The molecule has 0 aromatic carbocycles. The van der Waals surface area contributed by atoms with Crippen molar-refractivity contribution in [1.29, 1.82) is 0 Å². The highest BCUT2D eigenvalue weighted by Crippen LogP contribution is 2.32. The molecule has 6 rings (SSSR count). The summed E-state index contributed by atoms with van der Waals surface area (Å²) in [6.45, 7) is 5.94. The highest BCUT2D eigenvalue weighted by molar-refractivity contribution is 7.12. The number of hydrogen-bond acceptors (Lipinski definition) is 8. The molecule has 1 saturated carbocycles. The Morgan fingerprint density at radius 3 is 2.73 bits per heavy atom. The van der Waals surface area contributed by atoms with Gasteiger partial charge in [-0.15, -0.1) is 11.3 Å². The van der Waals surface area contributed by atoms with E-state index < -0.39 is 0 Å². The molecule has 2 N–H and O–H groups in total. The highest BCUT2D eigenvalue weighted by atomic mass is 32.1. The monoisotopic (exact) mass is 520 g/mol. The van der Waals surface area contributed by atoms with Crippen molar-refractivity contribution in [2.45, 2.75) is 45.3 Å². The molecule has 2 atom stereocenters. The standard InChI is InChI=1S/C26H28N6O4S/c1-14-11-31(12-15(2)36-14)26(35)21-6-19(13-37-21)20-8-22(27-9-16-3-4-16)32-24(29-20)18(10-28-32)5-17-7-23(33)30-25(17)34/h5-6,8,10,13-16,27H,3-4,7,9,11-12H2,1-2H3,(H,30,33,34)/b17-5+. The predicted molar refractivity (Wildman–Crippen MR) is 139 cm³/mol. The van der Waals surface area contributed by atoms with Crippen molar-refractivity contribution in [3.63, 3.8) is 0 Å². The zero-order chi connectivity index (χ0) is 25.7. The van der Waals surface area contributed by atoms with Crippen LogP contribution in [0.25, 0.3) is 23.0 Å². The van der Waals surface area contributed by atoms with E-state index in [-0.39, 0.29) is 36.4 Å².